The van der Waals surface area contributed by atoms with Crippen molar-refractivity contribution in [1.29, 1.82) is 0 Å². The van der Waals surface area contributed by atoms with E-state index in [0.29, 0.717) is 0 Å². The monoisotopic (exact) mass is 885 g/mol. The van der Waals surface area contributed by atoms with Gasteiger partial charge in [-0.1, -0.05) is 188 Å². The van der Waals surface area contributed by atoms with Crippen molar-refractivity contribution in [3.63, 3.8) is 0 Å². The lowest BCUT2D eigenvalue weighted by Crippen LogP contribution is -2.15. The molecule has 4 nitrogen and oxygen atoms in total. The number of ether oxygens (including phenoxy) is 2. The minimum absolute atomic E-state index is 0.771. The molecule has 0 amide bonds. The van der Waals surface area contributed by atoms with Gasteiger partial charge in [-0.25, -0.2) is 0 Å². The van der Waals surface area contributed by atoms with Crippen molar-refractivity contribution in [2.45, 2.75) is 214 Å². The molecule has 0 saturated heterocycles. The average Bonchev–Trinajstić information content (AvgIpc) is 3.36. The van der Waals surface area contributed by atoms with Crippen LogP contribution in [0.2, 0.25) is 0 Å². The third kappa shape index (κ3) is 20.8. The van der Waals surface area contributed by atoms with E-state index in [-0.39, 0.29) is 0 Å². The largest absolute Gasteiger partial charge is 0.494 e. The molecular weight excluding hydrogens is 793 g/mol. The first-order chi connectivity index (χ1) is 32.1. The third-order valence-electron chi connectivity index (χ3n) is 14.7. The fraction of sp³-hybridized carbons (Fsp3) is 0.639. The van der Waals surface area contributed by atoms with E-state index in [0.717, 1.165) is 90.2 Å². The van der Waals surface area contributed by atoms with Crippen LogP contribution in [-0.4, -0.2) is 23.2 Å². The molecule has 2 aliphatic carbocycles. The molecule has 2 aliphatic rings. The summed E-state index contributed by atoms with van der Waals surface area (Å²) in [4.78, 5) is 9.49. The first-order valence-electron chi connectivity index (χ1n) is 27.4. The van der Waals surface area contributed by atoms with Gasteiger partial charge in [0.05, 0.1) is 24.6 Å². The van der Waals surface area contributed by atoms with Gasteiger partial charge < -0.3 is 9.47 Å². The van der Waals surface area contributed by atoms with Crippen molar-refractivity contribution >= 4 is 0 Å². The summed E-state index contributed by atoms with van der Waals surface area (Å²) in [5, 5.41) is 0. The van der Waals surface area contributed by atoms with Crippen LogP contribution in [0.5, 0.6) is 11.5 Å². The van der Waals surface area contributed by atoms with Gasteiger partial charge in [-0.2, -0.15) is 0 Å². The maximum absolute atomic E-state index is 5.77. The first-order valence-corrected chi connectivity index (χ1v) is 27.4. The fourth-order valence-electron chi connectivity index (χ4n) is 10.3. The lowest BCUT2D eigenvalue weighted by atomic mass is 9.78. The zero-order valence-corrected chi connectivity index (χ0v) is 42.0. The van der Waals surface area contributed by atoms with Gasteiger partial charge in [0.1, 0.15) is 11.5 Å². The molecule has 358 valence electrons. The summed E-state index contributed by atoms with van der Waals surface area (Å²) in [5.41, 5.74) is 7.18. The zero-order chi connectivity index (χ0) is 45.6. The molecule has 2 heterocycles. The highest BCUT2D eigenvalue weighted by molar-refractivity contribution is 5.61. The van der Waals surface area contributed by atoms with Gasteiger partial charge in [-0.15, -0.1) is 0 Å². The molecule has 0 unspecified atom stereocenters. The molecule has 2 aromatic heterocycles. The lowest BCUT2D eigenvalue weighted by Gasteiger charge is -2.28. The molecule has 0 N–H and O–H groups in total. The van der Waals surface area contributed by atoms with Crippen LogP contribution in [0, 0.1) is 23.7 Å². The van der Waals surface area contributed by atoms with Crippen molar-refractivity contribution in [3.05, 3.63) is 96.3 Å². The SMILES string of the molecule is CCCCCCCCC1CCC(CCc2ccc(-c3ccc(OCCC)cc3)nc2)CC1.CCCCCCCCC1CCC(CCc2ccc(-c3ccc(OCCCC)cc3)nc2)CC1. The Morgan fingerprint density at radius 2 is 0.738 bits per heavy atom. The summed E-state index contributed by atoms with van der Waals surface area (Å²) in [6.45, 7) is 10.5. The van der Waals surface area contributed by atoms with Crippen molar-refractivity contribution in [2.75, 3.05) is 13.2 Å². The summed E-state index contributed by atoms with van der Waals surface area (Å²) < 4.78 is 11.4. The lowest BCUT2D eigenvalue weighted by molar-refractivity contribution is 0.248. The Hall–Kier alpha value is -3.66. The first kappa shape index (κ1) is 52.3. The van der Waals surface area contributed by atoms with E-state index < -0.39 is 0 Å². The Bertz CT molecular complexity index is 1740. The van der Waals surface area contributed by atoms with Crippen molar-refractivity contribution in [2.24, 2.45) is 23.7 Å². The van der Waals surface area contributed by atoms with Gasteiger partial charge >= 0.3 is 0 Å². The molecule has 65 heavy (non-hydrogen) atoms. The predicted molar refractivity (Wildman–Crippen MR) is 279 cm³/mol. The molecular formula is C61H92N2O2. The zero-order valence-electron chi connectivity index (χ0n) is 42.0. The molecule has 0 aliphatic heterocycles. The minimum atomic E-state index is 0.771. The topological polar surface area (TPSA) is 44.2 Å². The molecule has 0 bridgehead atoms. The summed E-state index contributed by atoms with van der Waals surface area (Å²) in [6, 6.07) is 25.6. The molecule has 0 spiro atoms. The quantitative estimate of drug-likeness (QED) is 0.0510. The van der Waals surface area contributed by atoms with Gasteiger partial charge in [0.25, 0.3) is 0 Å². The smallest absolute Gasteiger partial charge is 0.119 e. The Morgan fingerprint density at radius 1 is 0.369 bits per heavy atom. The maximum Gasteiger partial charge on any atom is 0.119 e. The molecule has 0 atom stereocenters. The van der Waals surface area contributed by atoms with Crippen molar-refractivity contribution in [3.8, 4) is 34.0 Å². The molecule has 2 aromatic carbocycles. The Kier molecular flexibility index (Phi) is 25.8. The summed E-state index contributed by atoms with van der Waals surface area (Å²) in [5.74, 6) is 5.75. The number of aromatic nitrogens is 2. The van der Waals surface area contributed by atoms with E-state index in [9.17, 15) is 0 Å². The normalized spacial score (nSPS) is 18.5. The van der Waals surface area contributed by atoms with Gasteiger partial charge in [-0.3, -0.25) is 9.97 Å². The molecule has 2 fully saturated rings. The average molecular weight is 885 g/mol. The summed E-state index contributed by atoms with van der Waals surface area (Å²) in [7, 11) is 0. The number of hydrogen-bond acceptors (Lipinski definition) is 4. The highest BCUT2D eigenvalue weighted by Gasteiger charge is 2.22. The number of aryl methyl sites for hydroxylation is 2. The van der Waals surface area contributed by atoms with Crippen LogP contribution < -0.4 is 9.47 Å². The number of hydrogen-bond donors (Lipinski definition) is 0. The third-order valence-corrected chi connectivity index (χ3v) is 14.7. The van der Waals surface area contributed by atoms with Crippen LogP contribution in [0.4, 0.5) is 0 Å². The predicted octanol–water partition coefficient (Wildman–Crippen LogP) is 18.4. The minimum Gasteiger partial charge on any atom is -0.494 e. The van der Waals surface area contributed by atoms with Crippen molar-refractivity contribution in [1.82, 2.24) is 9.97 Å². The number of pyridine rings is 2. The highest BCUT2D eigenvalue weighted by atomic mass is 16.5. The second-order valence-electron chi connectivity index (χ2n) is 20.2. The van der Waals surface area contributed by atoms with E-state index in [1.807, 2.05) is 12.1 Å². The molecule has 6 rings (SSSR count). The summed E-state index contributed by atoms with van der Waals surface area (Å²) in [6.07, 6.45) is 44.3. The van der Waals surface area contributed by atoms with Gasteiger partial charge in [0.15, 0.2) is 0 Å². The molecule has 0 radical (unpaired) electrons. The van der Waals surface area contributed by atoms with E-state index >= 15 is 0 Å². The fourth-order valence-corrected chi connectivity index (χ4v) is 10.3. The van der Waals surface area contributed by atoms with Gasteiger partial charge in [0, 0.05) is 23.5 Å². The van der Waals surface area contributed by atoms with E-state index in [1.165, 1.54) is 178 Å². The molecule has 2 saturated carbocycles. The number of nitrogens with zero attached hydrogens (tertiary/aromatic N) is 2. The van der Waals surface area contributed by atoms with Crippen LogP contribution >= 0.6 is 0 Å². The Balaban J connectivity index is 0.000000244. The van der Waals surface area contributed by atoms with Crippen LogP contribution in [0.25, 0.3) is 22.5 Å². The number of benzene rings is 2. The van der Waals surface area contributed by atoms with Crippen LogP contribution in [-0.2, 0) is 12.8 Å². The standard InChI is InChI=1S/C31H47NO.C30H45NO/c1-3-5-7-8-9-10-11-26-12-14-27(15-13-26)16-17-28-18-23-31(32-25-28)29-19-21-30(22-20-29)33-24-6-4-2;1-3-5-6-7-8-9-10-25-11-13-26(14-12-25)15-16-27-17-22-30(31-24-27)28-18-20-29(21-19-28)32-23-4-2/h18-23,25-27H,3-17,24H2,1-2H3;17-22,24-26H,3-16,23H2,1-2H3. The highest BCUT2D eigenvalue weighted by Crippen LogP contribution is 2.36. The summed E-state index contributed by atoms with van der Waals surface area (Å²) >= 11 is 0. The van der Waals surface area contributed by atoms with E-state index in [2.05, 4.69) is 101 Å². The second kappa shape index (κ2) is 32.1. The number of rotatable bonds is 29. The Morgan fingerprint density at radius 3 is 1.11 bits per heavy atom. The Labute approximate surface area is 398 Å². The van der Waals surface area contributed by atoms with Crippen LogP contribution in [0.1, 0.15) is 212 Å². The number of unbranched alkanes of at least 4 members (excludes halogenated alkanes) is 11. The van der Waals surface area contributed by atoms with Crippen LogP contribution in [0.3, 0.4) is 0 Å². The maximum atomic E-state index is 5.77. The van der Waals surface area contributed by atoms with Gasteiger partial charge in [-0.05, 0) is 134 Å². The second-order valence-corrected chi connectivity index (χ2v) is 20.2. The van der Waals surface area contributed by atoms with Gasteiger partial charge in [0.2, 0.25) is 0 Å². The van der Waals surface area contributed by atoms with Crippen LogP contribution in [0.15, 0.2) is 85.2 Å². The van der Waals surface area contributed by atoms with Crippen molar-refractivity contribution < 1.29 is 9.47 Å². The molecule has 4 aromatic rings. The van der Waals surface area contributed by atoms with E-state index in [1.54, 1.807) is 0 Å². The van der Waals surface area contributed by atoms with E-state index in [4.69, 9.17) is 19.4 Å². The molecule has 4 heteroatoms.